The molecule has 2 fully saturated rings. The summed E-state index contributed by atoms with van der Waals surface area (Å²) in [5.74, 6) is 0. The van der Waals surface area contributed by atoms with Crippen molar-refractivity contribution in [2.45, 2.75) is 156 Å². The fourth-order valence-corrected chi connectivity index (χ4v) is 8.90. The van der Waals surface area contributed by atoms with E-state index in [0.29, 0.717) is 0 Å². The lowest BCUT2D eigenvalue weighted by atomic mass is 9.76. The molecule has 3 aromatic carbocycles. The Hall–Kier alpha value is -4.33. The van der Waals surface area contributed by atoms with Crippen LogP contribution in [-0.4, -0.2) is 46.6 Å². The van der Waals surface area contributed by atoms with E-state index in [2.05, 4.69) is 195 Å². The molecule has 2 saturated heterocycles. The quantitative estimate of drug-likeness (QED) is 0.168. The number of hydrogen-bond donors (Lipinski definition) is 0. The molecule has 4 aliphatic rings. The maximum Gasteiger partial charge on any atom is 0.496 e. The molecule has 4 heterocycles. The standard InChI is InChI=1S/C26H28BNO2.C26H34BNO2.C2H6/c1-24(2)21(15-18-12-11-17-9-7-8-10-20(17)23(18)24)22-14-13-19(16-28-22)27-29-25(3,4)26(5,6)30-27;1-23(2,3)18-11-10-17-14-21(24(4,5)20(17)15-18)22-13-12-19(16-28-22)27-29-25(6,7)26(8,9)30-27;1-2/h7-16H,1-6H3;10-16H,1-9H3;1-2H3. The van der Waals surface area contributed by atoms with Crippen LogP contribution in [0.1, 0.15) is 157 Å². The second kappa shape index (κ2) is 15.7. The highest BCUT2D eigenvalue weighted by Gasteiger charge is 2.53. The summed E-state index contributed by atoms with van der Waals surface area (Å²) in [4.78, 5) is 9.65. The average Bonchev–Trinajstić information content (AvgIpc) is 3.81. The molecule has 62 heavy (non-hydrogen) atoms. The lowest BCUT2D eigenvalue weighted by Gasteiger charge is -2.32. The lowest BCUT2D eigenvalue weighted by molar-refractivity contribution is 0.00578. The molecule has 0 N–H and O–H groups in total. The molecule has 0 saturated carbocycles. The number of fused-ring (bicyclic) bond motifs is 4. The van der Waals surface area contributed by atoms with Crippen LogP contribution in [0.4, 0.5) is 0 Å². The third-order valence-corrected chi connectivity index (χ3v) is 14.3. The first-order chi connectivity index (χ1) is 28.8. The van der Waals surface area contributed by atoms with Crippen molar-refractivity contribution in [3.05, 3.63) is 130 Å². The van der Waals surface area contributed by atoms with Crippen LogP contribution in [-0.2, 0) is 34.9 Å². The van der Waals surface area contributed by atoms with Crippen LogP contribution < -0.4 is 10.9 Å². The van der Waals surface area contributed by atoms with Crippen LogP contribution in [0.2, 0.25) is 0 Å². The Bertz CT molecular complexity index is 2510. The fraction of sp³-hybridized carbons (Fsp3) is 0.444. The summed E-state index contributed by atoms with van der Waals surface area (Å²) in [6, 6.07) is 28.3. The highest BCUT2D eigenvalue weighted by atomic mass is 16.7. The van der Waals surface area contributed by atoms with Crippen LogP contribution in [0, 0.1) is 0 Å². The van der Waals surface area contributed by atoms with E-state index in [1.807, 2.05) is 26.2 Å². The third kappa shape index (κ3) is 7.95. The predicted octanol–water partition coefficient (Wildman–Crippen LogP) is 11.9. The maximum atomic E-state index is 6.18. The first-order valence-electron chi connectivity index (χ1n) is 22.6. The molecule has 0 radical (unpaired) electrons. The molecule has 324 valence electrons. The van der Waals surface area contributed by atoms with E-state index < -0.39 is 0 Å². The van der Waals surface area contributed by atoms with Gasteiger partial charge in [-0.1, -0.05) is 129 Å². The summed E-state index contributed by atoms with van der Waals surface area (Å²) in [5, 5.41) is 2.60. The molecular formula is C54H68B2N2O4. The molecule has 5 aromatic rings. The van der Waals surface area contributed by atoms with E-state index in [-0.39, 0.29) is 52.9 Å². The molecule has 2 aliphatic heterocycles. The summed E-state index contributed by atoms with van der Waals surface area (Å²) in [7, 11) is -0.767. The minimum Gasteiger partial charge on any atom is -0.399 e. The third-order valence-electron chi connectivity index (χ3n) is 14.3. The largest absolute Gasteiger partial charge is 0.496 e. The Morgan fingerprint density at radius 1 is 0.500 bits per heavy atom. The minimum atomic E-state index is -0.386. The number of allylic oxidation sites excluding steroid dienone is 2. The number of benzene rings is 3. The molecule has 8 heteroatoms. The Morgan fingerprint density at radius 3 is 1.42 bits per heavy atom. The highest BCUT2D eigenvalue weighted by molar-refractivity contribution is 6.62. The van der Waals surface area contributed by atoms with Crippen molar-refractivity contribution < 1.29 is 18.6 Å². The zero-order valence-electron chi connectivity index (χ0n) is 40.5. The van der Waals surface area contributed by atoms with Crippen LogP contribution in [0.3, 0.4) is 0 Å². The van der Waals surface area contributed by atoms with Gasteiger partial charge in [-0.05, 0) is 135 Å². The van der Waals surface area contributed by atoms with Gasteiger partial charge < -0.3 is 18.6 Å². The normalized spacial score (nSPS) is 20.7. The van der Waals surface area contributed by atoms with E-state index in [0.717, 1.165) is 22.3 Å². The monoisotopic (exact) mass is 831 g/mol. The van der Waals surface area contributed by atoms with Gasteiger partial charge in [-0.15, -0.1) is 0 Å². The minimum absolute atomic E-state index is 0.0878. The Kier molecular flexibility index (Phi) is 11.6. The molecule has 0 unspecified atom stereocenters. The van der Waals surface area contributed by atoms with E-state index in [9.17, 15) is 0 Å². The van der Waals surface area contributed by atoms with E-state index in [4.69, 9.17) is 28.6 Å². The van der Waals surface area contributed by atoms with Crippen LogP contribution in [0.15, 0.2) is 91.3 Å². The molecule has 0 atom stereocenters. The Morgan fingerprint density at radius 2 is 0.952 bits per heavy atom. The van der Waals surface area contributed by atoms with Gasteiger partial charge in [-0.3, -0.25) is 9.97 Å². The molecule has 2 aliphatic carbocycles. The van der Waals surface area contributed by atoms with Gasteiger partial charge in [0.25, 0.3) is 0 Å². The molecule has 9 rings (SSSR count). The van der Waals surface area contributed by atoms with Crippen molar-refractivity contribution in [3.63, 3.8) is 0 Å². The summed E-state index contributed by atoms with van der Waals surface area (Å²) < 4.78 is 24.7. The van der Waals surface area contributed by atoms with Gasteiger partial charge in [0.2, 0.25) is 0 Å². The molecule has 0 amide bonds. The lowest BCUT2D eigenvalue weighted by Crippen LogP contribution is -2.41. The van der Waals surface area contributed by atoms with Crippen LogP contribution >= 0.6 is 0 Å². The van der Waals surface area contributed by atoms with Crippen molar-refractivity contribution in [2.24, 2.45) is 0 Å². The molecule has 0 spiro atoms. The van der Waals surface area contributed by atoms with Gasteiger partial charge in [0, 0.05) is 34.1 Å². The number of rotatable bonds is 4. The molecule has 0 bridgehead atoms. The van der Waals surface area contributed by atoms with Gasteiger partial charge in [-0.2, -0.15) is 0 Å². The van der Waals surface area contributed by atoms with Crippen molar-refractivity contribution in [1.82, 2.24) is 9.97 Å². The fourth-order valence-electron chi connectivity index (χ4n) is 8.90. The first kappa shape index (κ1) is 45.7. The predicted molar refractivity (Wildman–Crippen MR) is 262 cm³/mol. The SMILES string of the molecule is CC.CC(C)(C)c1ccc2c(c1)C(C)(C)C(c1ccc(B3OC(C)(C)C(C)(C)O3)cn1)=C2.CC1(C)C(c2ccc(B3OC(C)(C)C(C)(C)O3)cn2)=Cc2ccc3ccccc3c21. The van der Waals surface area contributed by atoms with E-state index in [1.165, 1.54) is 49.7 Å². The van der Waals surface area contributed by atoms with E-state index >= 15 is 0 Å². The van der Waals surface area contributed by atoms with Gasteiger partial charge in [-0.25, -0.2) is 0 Å². The smallest absolute Gasteiger partial charge is 0.399 e. The van der Waals surface area contributed by atoms with Crippen molar-refractivity contribution in [3.8, 4) is 0 Å². The highest BCUT2D eigenvalue weighted by Crippen LogP contribution is 2.49. The topological polar surface area (TPSA) is 62.7 Å². The number of hydrogen-bond acceptors (Lipinski definition) is 6. The van der Waals surface area contributed by atoms with Gasteiger partial charge in [0.15, 0.2) is 0 Å². The molecule has 6 nitrogen and oxygen atoms in total. The zero-order chi connectivity index (χ0) is 45.4. The van der Waals surface area contributed by atoms with Gasteiger partial charge in [0.05, 0.1) is 33.8 Å². The van der Waals surface area contributed by atoms with E-state index in [1.54, 1.807) is 0 Å². The first-order valence-corrected chi connectivity index (χ1v) is 22.6. The van der Waals surface area contributed by atoms with Crippen LogP contribution in [0.25, 0.3) is 34.1 Å². The van der Waals surface area contributed by atoms with Crippen molar-refractivity contribution >= 4 is 59.2 Å². The van der Waals surface area contributed by atoms with Crippen molar-refractivity contribution in [1.29, 1.82) is 0 Å². The van der Waals surface area contributed by atoms with Crippen LogP contribution in [0.5, 0.6) is 0 Å². The van der Waals surface area contributed by atoms with Crippen molar-refractivity contribution in [2.75, 3.05) is 0 Å². The summed E-state index contributed by atoms with van der Waals surface area (Å²) >= 11 is 0. The summed E-state index contributed by atoms with van der Waals surface area (Å²) in [6.07, 6.45) is 8.38. The molecular weight excluding hydrogens is 762 g/mol. The Labute approximate surface area is 373 Å². The Balaban J connectivity index is 0.000000179. The number of nitrogens with zero attached hydrogens (tertiary/aromatic N) is 2. The van der Waals surface area contributed by atoms with Gasteiger partial charge in [0.1, 0.15) is 0 Å². The van der Waals surface area contributed by atoms with Gasteiger partial charge >= 0.3 is 14.2 Å². The number of pyridine rings is 2. The average molecular weight is 831 g/mol. The summed E-state index contributed by atoms with van der Waals surface area (Å²) in [5.41, 5.74) is 11.7. The summed E-state index contributed by atoms with van der Waals surface area (Å²) in [6.45, 7) is 36.5. The second-order valence-corrected chi connectivity index (χ2v) is 21.3. The number of aromatic nitrogens is 2. The zero-order valence-corrected chi connectivity index (χ0v) is 40.5. The second-order valence-electron chi connectivity index (χ2n) is 21.3. The molecule has 2 aromatic heterocycles. The maximum absolute atomic E-state index is 6.18.